The average Bonchev–Trinajstić information content (AvgIpc) is 2.08. The van der Waals surface area contributed by atoms with Gasteiger partial charge in [-0.05, 0) is 12.1 Å². The van der Waals surface area contributed by atoms with Crippen LogP contribution in [0.1, 0.15) is 11.3 Å². The maximum Gasteiger partial charge on any atom is 0.248 e. The summed E-state index contributed by atoms with van der Waals surface area (Å²) in [5, 5.41) is 0. The van der Waals surface area contributed by atoms with Gasteiger partial charge in [0.25, 0.3) is 0 Å². The maximum atomic E-state index is 10.9. The predicted molar refractivity (Wildman–Crippen MR) is 50.7 cm³/mol. The molecular formula is C9H10N2O. The van der Waals surface area contributed by atoms with Gasteiger partial charge in [-0.2, -0.15) is 0 Å². The van der Waals surface area contributed by atoms with Crippen LogP contribution in [-0.2, 0) is 0 Å². The summed E-state index contributed by atoms with van der Waals surface area (Å²) < 4.78 is 0. The Morgan fingerprint density at radius 1 is 1.58 bits per heavy atom. The third kappa shape index (κ3) is 1.69. The van der Waals surface area contributed by atoms with Crippen molar-refractivity contribution in [2.75, 3.05) is 7.05 Å². The van der Waals surface area contributed by atoms with E-state index in [9.17, 15) is 4.79 Å². The molecule has 0 atom stereocenters. The van der Waals surface area contributed by atoms with E-state index < -0.39 is 0 Å². The third-order valence-electron chi connectivity index (χ3n) is 1.46. The predicted octanol–water partition coefficient (Wildman–Crippen LogP) is 1.07. The Bertz CT molecular complexity index is 363. The summed E-state index contributed by atoms with van der Waals surface area (Å²) in [6, 6.07) is 3.17. The zero-order valence-electron chi connectivity index (χ0n) is 6.87. The summed E-state index contributed by atoms with van der Waals surface area (Å²) in [6.07, 6.45) is 3.27. The number of hydrogen-bond donors (Lipinski definition) is 1. The SMILES string of the molecule is C=Cc1[nH]c(=O)ccc1C=NC. The van der Waals surface area contributed by atoms with E-state index in [1.165, 1.54) is 6.07 Å². The first-order chi connectivity index (χ1) is 5.77. The van der Waals surface area contributed by atoms with Crippen molar-refractivity contribution in [1.29, 1.82) is 0 Å². The van der Waals surface area contributed by atoms with Crippen molar-refractivity contribution < 1.29 is 0 Å². The fraction of sp³-hybridized carbons (Fsp3) is 0.111. The monoisotopic (exact) mass is 162 g/mol. The van der Waals surface area contributed by atoms with Crippen molar-refractivity contribution in [3.05, 3.63) is 40.3 Å². The van der Waals surface area contributed by atoms with E-state index in [4.69, 9.17) is 0 Å². The number of pyridine rings is 1. The Hall–Kier alpha value is -1.64. The van der Waals surface area contributed by atoms with Crippen LogP contribution in [0.3, 0.4) is 0 Å². The van der Waals surface area contributed by atoms with Crippen LogP contribution in [0.25, 0.3) is 6.08 Å². The van der Waals surface area contributed by atoms with Gasteiger partial charge in [0.1, 0.15) is 0 Å². The van der Waals surface area contributed by atoms with Gasteiger partial charge in [0.15, 0.2) is 0 Å². The van der Waals surface area contributed by atoms with Crippen molar-refractivity contribution in [2.24, 2.45) is 4.99 Å². The zero-order valence-corrected chi connectivity index (χ0v) is 6.87. The third-order valence-corrected chi connectivity index (χ3v) is 1.46. The molecule has 0 aliphatic carbocycles. The van der Waals surface area contributed by atoms with E-state index in [0.29, 0.717) is 5.69 Å². The molecule has 1 N–H and O–H groups in total. The number of aliphatic imine (C=N–C) groups is 1. The summed E-state index contributed by atoms with van der Waals surface area (Å²) >= 11 is 0. The molecule has 1 aromatic rings. The summed E-state index contributed by atoms with van der Waals surface area (Å²) in [7, 11) is 1.68. The Kier molecular flexibility index (Phi) is 2.58. The second-order valence-corrected chi connectivity index (χ2v) is 2.28. The van der Waals surface area contributed by atoms with Crippen LogP contribution in [0.15, 0.2) is 28.5 Å². The Labute approximate surface area is 70.5 Å². The smallest absolute Gasteiger partial charge is 0.248 e. The van der Waals surface area contributed by atoms with Gasteiger partial charge < -0.3 is 4.98 Å². The minimum Gasteiger partial charge on any atom is -0.322 e. The largest absolute Gasteiger partial charge is 0.322 e. The lowest BCUT2D eigenvalue weighted by Crippen LogP contribution is -2.07. The molecule has 3 heteroatoms. The summed E-state index contributed by atoms with van der Waals surface area (Å²) in [4.78, 5) is 17.4. The molecule has 0 bridgehead atoms. The minimum atomic E-state index is -0.127. The van der Waals surface area contributed by atoms with Crippen LogP contribution in [-0.4, -0.2) is 18.2 Å². The fourth-order valence-corrected chi connectivity index (χ4v) is 0.922. The van der Waals surface area contributed by atoms with Gasteiger partial charge in [-0.3, -0.25) is 9.79 Å². The lowest BCUT2D eigenvalue weighted by atomic mass is 10.2. The second-order valence-electron chi connectivity index (χ2n) is 2.28. The van der Waals surface area contributed by atoms with E-state index in [-0.39, 0.29) is 5.56 Å². The second kappa shape index (κ2) is 3.67. The molecular weight excluding hydrogens is 152 g/mol. The number of aromatic nitrogens is 1. The van der Waals surface area contributed by atoms with Crippen molar-refractivity contribution in [3.8, 4) is 0 Å². The highest BCUT2D eigenvalue weighted by atomic mass is 16.1. The number of nitrogens with zero attached hydrogens (tertiary/aromatic N) is 1. The number of rotatable bonds is 2. The maximum absolute atomic E-state index is 10.9. The summed E-state index contributed by atoms with van der Waals surface area (Å²) in [5.74, 6) is 0. The molecule has 0 aromatic carbocycles. The van der Waals surface area contributed by atoms with Gasteiger partial charge in [-0.1, -0.05) is 6.58 Å². The van der Waals surface area contributed by atoms with Crippen LogP contribution < -0.4 is 5.56 Å². The molecule has 0 saturated carbocycles. The number of H-pyrrole nitrogens is 1. The molecule has 0 saturated heterocycles. The van der Waals surface area contributed by atoms with Crippen molar-refractivity contribution in [1.82, 2.24) is 4.98 Å². The summed E-state index contributed by atoms with van der Waals surface area (Å²) in [5.41, 5.74) is 1.44. The van der Waals surface area contributed by atoms with E-state index in [1.54, 1.807) is 25.4 Å². The van der Waals surface area contributed by atoms with Crippen molar-refractivity contribution >= 4 is 12.3 Å². The van der Waals surface area contributed by atoms with Gasteiger partial charge in [-0.15, -0.1) is 0 Å². The molecule has 1 aromatic heterocycles. The Balaban J connectivity index is 3.29. The van der Waals surface area contributed by atoms with Crippen molar-refractivity contribution in [2.45, 2.75) is 0 Å². The molecule has 3 nitrogen and oxygen atoms in total. The number of hydrogen-bond acceptors (Lipinski definition) is 2. The van der Waals surface area contributed by atoms with Crippen LogP contribution in [0.5, 0.6) is 0 Å². The molecule has 62 valence electrons. The zero-order chi connectivity index (χ0) is 8.97. The van der Waals surface area contributed by atoms with Crippen LogP contribution in [0.2, 0.25) is 0 Å². The molecule has 0 fully saturated rings. The van der Waals surface area contributed by atoms with Gasteiger partial charge in [0, 0.05) is 30.6 Å². The van der Waals surface area contributed by atoms with Crippen LogP contribution in [0.4, 0.5) is 0 Å². The van der Waals surface area contributed by atoms with Gasteiger partial charge in [-0.25, -0.2) is 0 Å². The molecule has 1 rings (SSSR count). The standard InChI is InChI=1S/C9H10N2O/c1-3-8-7(6-10-2)4-5-9(12)11-8/h3-6H,1H2,2H3,(H,11,12). The molecule has 0 aliphatic heterocycles. The number of nitrogens with one attached hydrogen (secondary N) is 1. The molecule has 0 amide bonds. The normalized spacial score (nSPS) is 10.4. The minimum absolute atomic E-state index is 0.127. The van der Waals surface area contributed by atoms with Crippen LogP contribution in [0, 0.1) is 0 Å². The molecule has 0 unspecified atom stereocenters. The van der Waals surface area contributed by atoms with E-state index >= 15 is 0 Å². The summed E-state index contributed by atoms with van der Waals surface area (Å²) in [6.45, 7) is 3.58. The first-order valence-electron chi connectivity index (χ1n) is 3.56. The van der Waals surface area contributed by atoms with Crippen molar-refractivity contribution in [3.63, 3.8) is 0 Å². The highest BCUT2D eigenvalue weighted by Crippen LogP contribution is 2.00. The van der Waals surface area contributed by atoms with Gasteiger partial charge in [0.05, 0.1) is 0 Å². The lowest BCUT2D eigenvalue weighted by molar-refractivity contribution is 1.21. The highest BCUT2D eigenvalue weighted by Gasteiger charge is 1.95. The lowest BCUT2D eigenvalue weighted by Gasteiger charge is -1.97. The topological polar surface area (TPSA) is 45.2 Å². The average molecular weight is 162 g/mol. The fourth-order valence-electron chi connectivity index (χ4n) is 0.922. The molecule has 0 spiro atoms. The Morgan fingerprint density at radius 3 is 2.92 bits per heavy atom. The quantitative estimate of drug-likeness (QED) is 0.649. The van der Waals surface area contributed by atoms with E-state index in [0.717, 1.165) is 5.56 Å². The van der Waals surface area contributed by atoms with E-state index in [2.05, 4.69) is 16.6 Å². The molecule has 12 heavy (non-hydrogen) atoms. The first kappa shape index (κ1) is 8.46. The Morgan fingerprint density at radius 2 is 2.33 bits per heavy atom. The van der Waals surface area contributed by atoms with Crippen LogP contribution >= 0.6 is 0 Å². The van der Waals surface area contributed by atoms with Gasteiger partial charge >= 0.3 is 0 Å². The first-order valence-corrected chi connectivity index (χ1v) is 3.56. The number of aromatic amines is 1. The molecule has 0 radical (unpaired) electrons. The molecule has 1 heterocycles. The van der Waals surface area contributed by atoms with Gasteiger partial charge in [0.2, 0.25) is 5.56 Å². The highest BCUT2D eigenvalue weighted by molar-refractivity contribution is 5.83. The van der Waals surface area contributed by atoms with E-state index in [1.807, 2.05) is 0 Å². The molecule has 0 aliphatic rings.